The van der Waals surface area contributed by atoms with Crippen molar-refractivity contribution in [3.63, 3.8) is 0 Å². The second-order valence-corrected chi connectivity index (χ2v) is 3.82. The molecule has 15 heavy (non-hydrogen) atoms. The first kappa shape index (κ1) is 9.73. The summed E-state index contributed by atoms with van der Waals surface area (Å²) in [5, 5.41) is 11.5. The van der Waals surface area contributed by atoms with Gasteiger partial charge in [0.2, 0.25) is 0 Å². The molecule has 76 valence electrons. The van der Waals surface area contributed by atoms with Crippen molar-refractivity contribution >= 4 is 17.8 Å². The number of phenolic OH excluding ortho intramolecular Hbond substituents is 1. The number of hydrogen-bond acceptors (Lipinski definition) is 4. The Labute approximate surface area is 90.6 Å². The molecule has 1 aromatic heterocycles. The lowest BCUT2D eigenvalue weighted by molar-refractivity contribution is -0.120. The van der Waals surface area contributed by atoms with Crippen molar-refractivity contribution < 1.29 is 14.6 Å². The van der Waals surface area contributed by atoms with Gasteiger partial charge in [-0.3, -0.25) is 4.79 Å². The average molecular weight is 220 g/mol. The Morgan fingerprint density at radius 3 is 2.80 bits per heavy atom. The maximum absolute atomic E-state index is 10.1. The molecule has 0 saturated carbocycles. The van der Waals surface area contributed by atoms with Gasteiger partial charge in [-0.05, 0) is 35.2 Å². The number of phenols is 1. The predicted octanol–water partition coefficient (Wildman–Crippen LogP) is 2.66. The molecule has 0 fully saturated rings. The highest BCUT2D eigenvalue weighted by atomic mass is 32.1. The molecule has 1 N–H and O–H groups in total. The van der Waals surface area contributed by atoms with Gasteiger partial charge in [0.1, 0.15) is 0 Å². The van der Waals surface area contributed by atoms with E-state index in [2.05, 4.69) is 4.74 Å². The van der Waals surface area contributed by atoms with Gasteiger partial charge in [-0.2, -0.15) is 0 Å². The summed E-state index contributed by atoms with van der Waals surface area (Å²) in [5.74, 6) is 0.137. The van der Waals surface area contributed by atoms with Crippen LogP contribution in [0.2, 0.25) is 0 Å². The minimum absolute atomic E-state index is 0.0343. The Bertz CT molecular complexity index is 463. The van der Waals surface area contributed by atoms with Crippen LogP contribution in [0.4, 0.5) is 0 Å². The molecule has 0 bridgehead atoms. The summed E-state index contributed by atoms with van der Waals surface area (Å²) in [6.45, 7) is 0.292. The molecule has 0 saturated heterocycles. The summed E-state index contributed by atoms with van der Waals surface area (Å²) in [7, 11) is 0. The number of carbonyl (C=O) groups excluding carboxylic acids is 1. The molecule has 0 spiro atoms. The van der Waals surface area contributed by atoms with Crippen LogP contribution in [0.15, 0.2) is 35.7 Å². The molecule has 4 heteroatoms. The first-order valence-electron chi connectivity index (χ1n) is 4.28. The van der Waals surface area contributed by atoms with Crippen LogP contribution in [-0.4, -0.2) is 11.6 Å². The number of aromatic hydroxyl groups is 1. The van der Waals surface area contributed by atoms with Crippen molar-refractivity contribution in [1.29, 1.82) is 0 Å². The standard InChI is InChI=1S/C11H8O3S/c12-7-14-10-4-3-8(6-9(10)13)11-2-1-5-15-11/h1-7,13H. The van der Waals surface area contributed by atoms with Crippen LogP contribution in [0.25, 0.3) is 10.4 Å². The summed E-state index contributed by atoms with van der Waals surface area (Å²) in [6, 6.07) is 8.83. The van der Waals surface area contributed by atoms with E-state index in [0.717, 1.165) is 10.4 Å². The largest absolute Gasteiger partial charge is 0.504 e. The van der Waals surface area contributed by atoms with Crippen LogP contribution < -0.4 is 4.74 Å². The third kappa shape index (κ3) is 1.99. The molecular weight excluding hydrogens is 212 g/mol. The molecule has 2 aromatic rings. The van der Waals surface area contributed by atoms with Crippen LogP contribution in [0.1, 0.15) is 0 Å². The van der Waals surface area contributed by atoms with Crippen molar-refractivity contribution in [1.82, 2.24) is 0 Å². The minimum atomic E-state index is -0.0343. The SMILES string of the molecule is O=COc1ccc(-c2cccs2)cc1O. The van der Waals surface area contributed by atoms with Crippen LogP contribution in [-0.2, 0) is 4.79 Å². The van der Waals surface area contributed by atoms with Gasteiger partial charge >= 0.3 is 0 Å². The lowest BCUT2D eigenvalue weighted by Crippen LogP contribution is -1.88. The Morgan fingerprint density at radius 1 is 1.33 bits per heavy atom. The predicted molar refractivity (Wildman–Crippen MR) is 58.1 cm³/mol. The van der Waals surface area contributed by atoms with E-state index in [9.17, 15) is 9.90 Å². The van der Waals surface area contributed by atoms with Gasteiger partial charge in [0, 0.05) is 4.88 Å². The van der Waals surface area contributed by atoms with Gasteiger partial charge in [0.05, 0.1) is 0 Å². The van der Waals surface area contributed by atoms with E-state index < -0.39 is 0 Å². The number of thiophene rings is 1. The van der Waals surface area contributed by atoms with Crippen molar-refractivity contribution in [2.45, 2.75) is 0 Å². The molecule has 0 atom stereocenters. The average Bonchev–Trinajstić information content (AvgIpc) is 2.74. The topological polar surface area (TPSA) is 46.5 Å². The summed E-state index contributed by atoms with van der Waals surface area (Å²) < 4.78 is 4.58. The maximum atomic E-state index is 10.1. The smallest absolute Gasteiger partial charge is 0.298 e. The van der Waals surface area contributed by atoms with E-state index >= 15 is 0 Å². The Hall–Kier alpha value is -1.81. The minimum Gasteiger partial charge on any atom is -0.504 e. The third-order valence-corrected chi connectivity index (χ3v) is 2.86. The van der Waals surface area contributed by atoms with Crippen molar-refractivity contribution in [2.75, 3.05) is 0 Å². The highest BCUT2D eigenvalue weighted by Crippen LogP contribution is 2.33. The Balaban J connectivity index is 2.37. The normalized spacial score (nSPS) is 9.87. The first-order valence-corrected chi connectivity index (χ1v) is 5.16. The van der Waals surface area contributed by atoms with Crippen molar-refractivity contribution in [2.24, 2.45) is 0 Å². The highest BCUT2D eigenvalue weighted by molar-refractivity contribution is 7.13. The van der Waals surface area contributed by atoms with Gasteiger partial charge in [0.25, 0.3) is 6.47 Å². The van der Waals surface area contributed by atoms with E-state index in [4.69, 9.17) is 0 Å². The summed E-state index contributed by atoms with van der Waals surface area (Å²) >= 11 is 1.58. The van der Waals surface area contributed by atoms with E-state index in [1.54, 1.807) is 29.5 Å². The van der Waals surface area contributed by atoms with Crippen LogP contribution in [0.5, 0.6) is 11.5 Å². The zero-order valence-electron chi connectivity index (χ0n) is 7.71. The number of benzene rings is 1. The zero-order valence-corrected chi connectivity index (χ0v) is 8.53. The lowest BCUT2D eigenvalue weighted by Gasteiger charge is -2.03. The fraction of sp³-hybridized carbons (Fsp3) is 0. The fourth-order valence-electron chi connectivity index (χ4n) is 1.26. The molecule has 0 aliphatic rings. The van der Waals surface area contributed by atoms with Gasteiger partial charge in [-0.25, -0.2) is 0 Å². The van der Waals surface area contributed by atoms with Crippen LogP contribution in [0, 0.1) is 0 Å². The number of ether oxygens (including phenoxy) is 1. The van der Waals surface area contributed by atoms with Crippen molar-refractivity contribution in [3.8, 4) is 21.9 Å². The molecule has 1 aromatic carbocycles. The zero-order chi connectivity index (χ0) is 10.7. The molecule has 0 radical (unpaired) electrons. The van der Waals surface area contributed by atoms with Gasteiger partial charge in [-0.1, -0.05) is 6.07 Å². The molecule has 0 aliphatic heterocycles. The maximum Gasteiger partial charge on any atom is 0.298 e. The van der Waals surface area contributed by atoms with Gasteiger partial charge in [0.15, 0.2) is 11.5 Å². The molecular formula is C11H8O3S. The fourth-order valence-corrected chi connectivity index (χ4v) is 1.99. The van der Waals surface area contributed by atoms with Gasteiger partial charge < -0.3 is 9.84 Å². The summed E-state index contributed by atoms with van der Waals surface area (Å²) in [6.07, 6.45) is 0. The Kier molecular flexibility index (Phi) is 2.69. The van der Waals surface area contributed by atoms with Crippen LogP contribution in [0.3, 0.4) is 0 Å². The first-order chi connectivity index (χ1) is 7.31. The molecule has 3 nitrogen and oxygen atoms in total. The summed E-state index contributed by atoms with van der Waals surface area (Å²) in [4.78, 5) is 11.2. The lowest BCUT2D eigenvalue weighted by atomic mass is 10.2. The summed E-state index contributed by atoms with van der Waals surface area (Å²) in [5.41, 5.74) is 0.903. The second kappa shape index (κ2) is 4.14. The van der Waals surface area contributed by atoms with E-state index in [0.29, 0.717) is 6.47 Å². The van der Waals surface area contributed by atoms with Crippen LogP contribution >= 0.6 is 11.3 Å². The third-order valence-electron chi connectivity index (χ3n) is 1.94. The molecule has 1 heterocycles. The number of carbonyl (C=O) groups is 1. The highest BCUT2D eigenvalue weighted by Gasteiger charge is 2.05. The molecule has 0 amide bonds. The Morgan fingerprint density at radius 2 is 2.20 bits per heavy atom. The monoisotopic (exact) mass is 220 g/mol. The van der Waals surface area contributed by atoms with Crippen molar-refractivity contribution in [3.05, 3.63) is 35.7 Å². The second-order valence-electron chi connectivity index (χ2n) is 2.87. The van der Waals surface area contributed by atoms with E-state index in [1.807, 2.05) is 17.5 Å². The molecule has 0 unspecified atom stereocenters. The van der Waals surface area contributed by atoms with Gasteiger partial charge in [-0.15, -0.1) is 11.3 Å². The molecule has 0 aliphatic carbocycles. The number of hydrogen-bond donors (Lipinski definition) is 1. The quantitative estimate of drug-likeness (QED) is 0.809. The molecule has 2 rings (SSSR count). The van der Waals surface area contributed by atoms with E-state index in [1.165, 1.54) is 0 Å². The van der Waals surface area contributed by atoms with E-state index in [-0.39, 0.29) is 11.5 Å². The number of rotatable bonds is 3.